The maximum absolute atomic E-state index is 12.9. The molecule has 2 rings (SSSR count). The summed E-state index contributed by atoms with van der Waals surface area (Å²) in [4.78, 5) is 11.1. The van der Waals surface area contributed by atoms with Crippen molar-refractivity contribution in [3.8, 4) is 11.5 Å². The van der Waals surface area contributed by atoms with Gasteiger partial charge in [-0.25, -0.2) is 8.42 Å². The molecule has 0 aliphatic heterocycles. The molecule has 0 atom stereocenters. The van der Waals surface area contributed by atoms with Crippen LogP contribution in [0.3, 0.4) is 0 Å². The minimum atomic E-state index is -3.89. The Morgan fingerprint density at radius 3 is 2.17 bits per heavy atom. The molecule has 24 heavy (non-hydrogen) atoms. The molecule has 0 spiro atoms. The Kier molecular flexibility index (Phi) is 4.99. The van der Waals surface area contributed by atoms with Crippen molar-refractivity contribution in [3.05, 3.63) is 48.0 Å². The molecule has 0 aliphatic carbocycles. The van der Waals surface area contributed by atoms with Crippen molar-refractivity contribution in [2.45, 2.75) is 4.90 Å². The van der Waals surface area contributed by atoms with E-state index in [2.05, 4.69) is 0 Å². The average molecular weight is 350 g/mol. The van der Waals surface area contributed by atoms with Gasteiger partial charge in [-0.2, -0.15) is 0 Å². The van der Waals surface area contributed by atoms with E-state index in [1.54, 1.807) is 6.07 Å². The van der Waals surface area contributed by atoms with E-state index in [9.17, 15) is 13.2 Å². The van der Waals surface area contributed by atoms with Crippen molar-refractivity contribution in [1.82, 2.24) is 0 Å². The smallest absolute Gasteiger partial charge is 0.267 e. The van der Waals surface area contributed by atoms with E-state index in [0.29, 0.717) is 17.0 Å². The van der Waals surface area contributed by atoms with E-state index in [1.807, 2.05) is 0 Å². The molecule has 128 valence electrons. The largest absolute Gasteiger partial charge is 0.497 e. The molecule has 8 heteroatoms. The molecule has 0 aliphatic rings. The fourth-order valence-corrected chi connectivity index (χ4v) is 3.47. The summed E-state index contributed by atoms with van der Waals surface area (Å²) in [6, 6.07) is 10.5. The number of anilines is 1. The van der Waals surface area contributed by atoms with E-state index < -0.39 is 15.9 Å². The maximum atomic E-state index is 12.9. The van der Waals surface area contributed by atoms with Crippen LogP contribution < -0.4 is 19.5 Å². The second kappa shape index (κ2) is 6.79. The molecule has 0 saturated carbocycles. The highest BCUT2D eigenvalue weighted by Gasteiger charge is 2.26. The van der Waals surface area contributed by atoms with Gasteiger partial charge >= 0.3 is 0 Å². The van der Waals surface area contributed by atoms with Gasteiger partial charge in [0, 0.05) is 18.7 Å². The van der Waals surface area contributed by atoms with E-state index in [1.165, 1.54) is 57.7 Å². The Hall–Kier alpha value is -2.74. The van der Waals surface area contributed by atoms with Crippen LogP contribution in [0.4, 0.5) is 5.69 Å². The first-order valence-electron chi connectivity index (χ1n) is 6.92. The van der Waals surface area contributed by atoms with E-state index in [4.69, 9.17) is 15.2 Å². The normalized spacial score (nSPS) is 11.0. The second-order valence-electron chi connectivity index (χ2n) is 4.90. The number of hydrogen-bond donors (Lipinski definition) is 1. The van der Waals surface area contributed by atoms with Gasteiger partial charge in [-0.15, -0.1) is 0 Å². The van der Waals surface area contributed by atoms with Crippen LogP contribution >= 0.6 is 0 Å². The molecule has 1 amide bonds. The minimum absolute atomic E-state index is 0.0224. The summed E-state index contributed by atoms with van der Waals surface area (Å²) in [5.41, 5.74) is 5.86. The number of carbonyl (C=O) groups is 1. The van der Waals surface area contributed by atoms with Crippen molar-refractivity contribution in [1.29, 1.82) is 0 Å². The number of primary amides is 1. The lowest BCUT2D eigenvalue weighted by atomic mass is 10.2. The molecule has 2 N–H and O–H groups in total. The van der Waals surface area contributed by atoms with Crippen molar-refractivity contribution in [2.24, 2.45) is 5.73 Å². The van der Waals surface area contributed by atoms with Crippen LogP contribution in [-0.2, 0) is 10.0 Å². The zero-order chi connectivity index (χ0) is 17.9. The van der Waals surface area contributed by atoms with Crippen molar-refractivity contribution in [2.75, 3.05) is 25.6 Å². The highest BCUT2D eigenvalue weighted by molar-refractivity contribution is 7.92. The molecule has 0 radical (unpaired) electrons. The van der Waals surface area contributed by atoms with Gasteiger partial charge in [-0.1, -0.05) is 0 Å². The number of rotatable bonds is 6. The van der Waals surface area contributed by atoms with Crippen molar-refractivity contribution >= 4 is 21.6 Å². The predicted molar refractivity (Wildman–Crippen MR) is 90.1 cm³/mol. The van der Waals surface area contributed by atoms with Crippen LogP contribution in [0.2, 0.25) is 0 Å². The van der Waals surface area contributed by atoms with Gasteiger partial charge in [0.15, 0.2) is 0 Å². The van der Waals surface area contributed by atoms with Crippen LogP contribution in [0.15, 0.2) is 47.4 Å². The standard InChI is InChI=1S/C16H18N2O5S/c1-18(12-6-4-11(5-7-12)16(17)19)24(20,21)15-10-13(22-2)8-9-14(15)23-3/h4-10H,1-3H3,(H2,17,19). The zero-order valence-corrected chi connectivity index (χ0v) is 14.3. The molecule has 0 bridgehead atoms. The molecule has 0 unspecified atom stereocenters. The van der Waals surface area contributed by atoms with Gasteiger partial charge in [0.05, 0.1) is 19.9 Å². The number of ether oxygens (including phenoxy) is 2. The molecule has 2 aromatic rings. The molecular weight excluding hydrogens is 332 g/mol. The van der Waals surface area contributed by atoms with Crippen molar-refractivity contribution in [3.63, 3.8) is 0 Å². The SMILES string of the molecule is COc1ccc(OC)c(S(=O)(=O)N(C)c2ccc(C(N)=O)cc2)c1. The van der Waals surface area contributed by atoms with Gasteiger partial charge in [0.25, 0.3) is 10.0 Å². The van der Waals surface area contributed by atoms with Crippen LogP contribution in [0.5, 0.6) is 11.5 Å². The third-order valence-electron chi connectivity index (χ3n) is 3.52. The first-order valence-corrected chi connectivity index (χ1v) is 8.36. The number of carbonyl (C=O) groups excluding carboxylic acids is 1. The lowest BCUT2D eigenvalue weighted by molar-refractivity contribution is 0.100. The summed E-state index contributed by atoms with van der Waals surface area (Å²) in [6.45, 7) is 0. The third kappa shape index (κ3) is 3.28. The van der Waals surface area contributed by atoms with Gasteiger partial charge in [-0.05, 0) is 36.4 Å². The Morgan fingerprint density at radius 2 is 1.67 bits per heavy atom. The number of nitrogens with two attached hydrogens (primary N) is 1. The van der Waals surface area contributed by atoms with Crippen molar-refractivity contribution < 1.29 is 22.7 Å². The summed E-state index contributed by atoms with van der Waals surface area (Å²) < 4.78 is 37.1. The number of amides is 1. The number of benzene rings is 2. The first-order chi connectivity index (χ1) is 11.3. The van der Waals surface area contributed by atoms with Gasteiger partial charge in [0.2, 0.25) is 5.91 Å². The lowest BCUT2D eigenvalue weighted by Gasteiger charge is -2.21. The fraction of sp³-hybridized carbons (Fsp3) is 0.188. The highest BCUT2D eigenvalue weighted by Crippen LogP contribution is 2.32. The highest BCUT2D eigenvalue weighted by atomic mass is 32.2. The van der Waals surface area contributed by atoms with Crippen LogP contribution in [-0.4, -0.2) is 35.6 Å². The summed E-state index contributed by atoms with van der Waals surface area (Å²) in [6.07, 6.45) is 0. The number of sulfonamides is 1. The van der Waals surface area contributed by atoms with E-state index in [0.717, 1.165) is 4.31 Å². The molecule has 2 aromatic carbocycles. The Labute approximate surface area is 140 Å². The fourth-order valence-electron chi connectivity index (χ4n) is 2.11. The van der Waals surface area contributed by atoms with Gasteiger partial charge in [0.1, 0.15) is 16.4 Å². The van der Waals surface area contributed by atoms with Gasteiger partial charge < -0.3 is 15.2 Å². The topological polar surface area (TPSA) is 98.9 Å². The monoisotopic (exact) mass is 350 g/mol. The quantitative estimate of drug-likeness (QED) is 0.854. The Balaban J connectivity index is 2.47. The van der Waals surface area contributed by atoms with E-state index >= 15 is 0 Å². The predicted octanol–water partition coefficient (Wildman–Crippen LogP) is 1.63. The number of hydrogen-bond acceptors (Lipinski definition) is 5. The second-order valence-corrected chi connectivity index (χ2v) is 6.84. The minimum Gasteiger partial charge on any atom is -0.497 e. The zero-order valence-electron chi connectivity index (χ0n) is 13.5. The first kappa shape index (κ1) is 17.6. The average Bonchev–Trinajstić information content (AvgIpc) is 2.60. The summed E-state index contributed by atoms with van der Waals surface area (Å²) in [5.74, 6) is 0.0183. The van der Waals surface area contributed by atoms with Crippen LogP contribution in [0.25, 0.3) is 0 Å². The molecular formula is C16H18N2O5S. The third-order valence-corrected chi connectivity index (χ3v) is 5.33. The van der Waals surface area contributed by atoms with E-state index in [-0.39, 0.29) is 10.6 Å². The molecule has 0 saturated heterocycles. The lowest BCUT2D eigenvalue weighted by Crippen LogP contribution is -2.27. The Bertz CT molecular complexity index is 847. The number of methoxy groups -OCH3 is 2. The molecule has 7 nitrogen and oxygen atoms in total. The maximum Gasteiger partial charge on any atom is 0.267 e. The molecule has 0 heterocycles. The molecule has 0 aromatic heterocycles. The van der Waals surface area contributed by atoms with Crippen LogP contribution in [0, 0.1) is 0 Å². The summed E-state index contributed by atoms with van der Waals surface area (Å²) in [5, 5.41) is 0. The summed E-state index contributed by atoms with van der Waals surface area (Å²) >= 11 is 0. The molecule has 0 fully saturated rings. The summed E-state index contributed by atoms with van der Waals surface area (Å²) in [7, 11) is 0.362. The number of nitrogens with zero attached hydrogens (tertiary/aromatic N) is 1. The van der Waals surface area contributed by atoms with Crippen LogP contribution in [0.1, 0.15) is 10.4 Å². The Morgan fingerprint density at radius 1 is 1.04 bits per heavy atom. The van der Waals surface area contributed by atoms with Gasteiger partial charge in [-0.3, -0.25) is 9.10 Å².